The van der Waals surface area contributed by atoms with E-state index in [4.69, 9.17) is 21.1 Å². The molecule has 8 nitrogen and oxygen atoms in total. The largest absolute Gasteiger partial charge is 0.495 e. The molecule has 4 aromatic rings. The van der Waals surface area contributed by atoms with Crippen LogP contribution in [0.3, 0.4) is 0 Å². The van der Waals surface area contributed by atoms with Gasteiger partial charge in [-0.3, -0.25) is 14.4 Å². The van der Waals surface area contributed by atoms with Gasteiger partial charge in [0.1, 0.15) is 17.2 Å². The molecule has 0 saturated heterocycles. The van der Waals surface area contributed by atoms with E-state index in [-0.39, 0.29) is 17.4 Å². The summed E-state index contributed by atoms with van der Waals surface area (Å²) < 4.78 is 11.4. The summed E-state index contributed by atoms with van der Waals surface area (Å²) in [5.41, 5.74) is 2.13. The SMILES string of the molecule is COc1cc(OC)c(NC(=O)CSc2cccc(NC(=O)/C(=C\c3ccc(Br)cc3)NC(=O)c3ccccc3)c2)cc1Cl. The highest BCUT2D eigenvalue weighted by Gasteiger charge is 2.16. The number of hydrogen-bond acceptors (Lipinski definition) is 6. The van der Waals surface area contributed by atoms with Crippen molar-refractivity contribution in [2.45, 2.75) is 4.90 Å². The number of carbonyl (C=O) groups is 3. The number of nitrogens with one attached hydrogen (secondary N) is 3. The first-order valence-electron chi connectivity index (χ1n) is 12.8. The lowest BCUT2D eigenvalue weighted by Crippen LogP contribution is -2.30. The van der Waals surface area contributed by atoms with Crippen LogP contribution in [0.4, 0.5) is 11.4 Å². The standard InChI is InChI=1S/C32H27BrClN3O5S/c1-41-28-18-29(42-2)26(17-25(28)34)36-30(38)19-43-24-10-6-9-23(16-24)35-32(40)27(15-20-11-13-22(33)14-12-20)37-31(39)21-7-4-3-5-8-21/h3-18H,19H2,1-2H3,(H,35,40)(H,36,38)(H,37,39)/b27-15+. The number of hydrogen-bond donors (Lipinski definition) is 3. The molecule has 0 bridgehead atoms. The Hall–Kier alpha value is -4.25. The van der Waals surface area contributed by atoms with Gasteiger partial charge < -0.3 is 25.4 Å². The van der Waals surface area contributed by atoms with Gasteiger partial charge in [-0.05, 0) is 60.2 Å². The molecule has 0 fully saturated rings. The van der Waals surface area contributed by atoms with E-state index in [0.717, 1.165) is 14.9 Å². The number of rotatable bonds is 11. The van der Waals surface area contributed by atoms with E-state index < -0.39 is 11.8 Å². The Labute approximate surface area is 266 Å². The molecule has 0 spiro atoms. The first-order valence-corrected chi connectivity index (χ1v) is 15.0. The monoisotopic (exact) mass is 679 g/mol. The Morgan fingerprint density at radius 1 is 0.860 bits per heavy atom. The summed E-state index contributed by atoms with van der Waals surface area (Å²) >= 11 is 10.9. The van der Waals surface area contributed by atoms with Crippen molar-refractivity contribution < 1.29 is 23.9 Å². The first-order chi connectivity index (χ1) is 20.7. The van der Waals surface area contributed by atoms with E-state index in [1.807, 2.05) is 36.4 Å². The first kappa shape index (κ1) is 31.7. The molecule has 3 amide bonds. The maximum Gasteiger partial charge on any atom is 0.272 e. The molecule has 0 radical (unpaired) electrons. The molecule has 4 aromatic carbocycles. The fraction of sp³-hybridized carbons (Fsp3) is 0.0938. The van der Waals surface area contributed by atoms with Crippen LogP contribution in [0.25, 0.3) is 6.08 Å². The fourth-order valence-corrected chi connectivity index (χ4v) is 5.08. The molecule has 4 rings (SSSR count). The summed E-state index contributed by atoms with van der Waals surface area (Å²) in [4.78, 5) is 39.7. The number of halogens is 2. The third kappa shape index (κ3) is 9.12. The van der Waals surface area contributed by atoms with E-state index in [2.05, 4.69) is 31.9 Å². The van der Waals surface area contributed by atoms with Crippen molar-refractivity contribution in [3.63, 3.8) is 0 Å². The van der Waals surface area contributed by atoms with Crippen LogP contribution < -0.4 is 25.4 Å². The van der Waals surface area contributed by atoms with Crippen LogP contribution in [0.15, 0.2) is 106 Å². The van der Waals surface area contributed by atoms with Crippen molar-refractivity contribution in [1.29, 1.82) is 0 Å². The van der Waals surface area contributed by atoms with E-state index in [0.29, 0.717) is 33.5 Å². The summed E-state index contributed by atoms with van der Waals surface area (Å²) in [6.45, 7) is 0. The Balaban J connectivity index is 1.44. The minimum atomic E-state index is -0.504. The number of amides is 3. The molecule has 0 unspecified atom stereocenters. The van der Waals surface area contributed by atoms with Gasteiger partial charge in [0, 0.05) is 26.7 Å². The lowest BCUT2D eigenvalue weighted by atomic mass is 10.1. The highest BCUT2D eigenvalue weighted by Crippen LogP contribution is 2.36. The van der Waals surface area contributed by atoms with Crippen LogP contribution in [-0.2, 0) is 9.59 Å². The zero-order valence-corrected chi connectivity index (χ0v) is 26.3. The van der Waals surface area contributed by atoms with Crippen LogP contribution in [0.1, 0.15) is 15.9 Å². The van der Waals surface area contributed by atoms with Crippen molar-refractivity contribution in [3.8, 4) is 11.5 Å². The van der Waals surface area contributed by atoms with Crippen LogP contribution in [0, 0.1) is 0 Å². The average molecular weight is 681 g/mol. The molecule has 220 valence electrons. The Morgan fingerprint density at radius 2 is 1.58 bits per heavy atom. The lowest BCUT2D eigenvalue weighted by molar-refractivity contribution is -0.114. The van der Waals surface area contributed by atoms with Crippen molar-refractivity contribution >= 4 is 74.5 Å². The summed E-state index contributed by atoms with van der Waals surface area (Å²) in [5.74, 6) is -0.261. The molecular weight excluding hydrogens is 654 g/mol. The highest BCUT2D eigenvalue weighted by atomic mass is 79.9. The molecular formula is C32H27BrClN3O5S. The van der Waals surface area contributed by atoms with Gasteiger partial charge in [-0.25, -0.2) is 0 Å². The van der Waals surface area contributed by atoms with E-state index in [1.165, 1.54) is 26.0 Å². The lowest BCUT2D eigenvalue weighted by Gasteiger charge is -2.13. The van der Waals surface area contributed by atoms with Gasteiger partial charge in [0.25, 0.3) is 11.8 Å². The zero-order chi connectivity index (χ0) is 30.8. The highest BCUT2D eigenvalue weighted by molar-refractivity contribution is 9.10. The van der Waals surface area contributed by atoms with Crippen molar-refractivity contribution in [2.24, 2.45) is 0 Å². The van der Waals surface area contributed by atoms with Gasteiger partial charge in [0.2, 0.25) is 5.91 Å². The maximum atomic E-state index is 13.4. The van der Waals surface area contributed by atoms with Gasteiger partial charge in [0.05, 0.1) is 30.7 Å². The minimum Gasteiger partial charge on any atom is -0.495 e. The molecule has 0 aliphatic rings. The number of carbonyl (C=O) groups excluding carboxylic acids is 3. The van der Waals surface area contributed by atoms with E-state index in [1.54, 1.807) is 60.7 Å². The van der Waals surface area contributed by atoms with Crippen LogP contribution >= 0.6 is 39.3 Å². The second-order valence-corrected chi connectivity index (χ2v) is 11.3. The summed E-state index contributed by atoms with van der Waals surface area (Å²) in [7, 11) is 2.98. The van der Waals surface area contributed by atoms with Crippen molar-refractivity contribution in [2.75, 3.05) is 30.6 Å². The zero-order valence-electron chi connectivity index (χ0n) is 23.2. The van der Waals surface area contributed by atoms with Gasteiger partial charge in [-0.1, -0.05) is 63.9 Å². The quantitative estimate of drug-likeness (QED) is 0.114. The fourth-order valence-electron chi connectivity index (χ4n) is 3.82. The van der Waals surface area contributed by atoms with Gasteiger partial charge in [0.15, 0.2) is 0 Å². The van der Waals surface area contributed by atoms with E-state index in [9.17, 15) is 14.4 Å². The molecule has 0 saturated carbocycles. The molecule has 0 aromatic heterocycles. The van der Waals surface area contributed by atoms with Crippen molar-refractivity contribution in [1.82, 2.24) is 5.32 Å². The molecule has 11 heteroatoms. The van der Waals surface area contributed by atoms with Crippen LogP contribution in [0.2, 0.25) is 5.02 Å². The molecule has 0 atom stereocenters. The Bertz CT molecular complexity index is 1650. The number of ether oxygens (including phenoxy) is 2. The normalized spacial score (nSPS) is 10.9. The van der Waals surface area contributed by atoms with E-state index >= 15 is 0 Å². The number of thioether (sulfide) groups is 1. The average Bonchev–Trinajstić information content (AvgIpc) is 3.01. The number of methoxy groups -OCH3 is 2. The number of benzene rings is 4. The molecule has 0 heterocycles. The second-order valence-electron chi connectivity index (χ2n) is 8.94. The molecule has 0 aliphatic carbocycles. The Morgan fingerprint density at radius 3 is 2.28 bits per heavy atom. The van der Waals surface area contributed by atoms with Crippen LogP contribution in [-0.4, -0.2) is 37.7 Å². The van der Waals surface area contributed by atoms with Gasteiger partial charge in [-0.15, -0.1) is 11.8 Å². The minimum absolute atomic E-state index is 0.0701. The second kappa shape index (κ2) is 15.3. The third-order valence-electron chi connectivity index (χ3n) is 5.92. The summed E-state index contributed by atoms with van der Waals surface area (Å²) in [6, 6.07) is 26.2. The smallest absolute Gasteiger partial charge is 0.272 e. The predicted octanol–water partition coefficient (Wildman–Crippen LogP) is 7.26. The number of anilines is 2. The molecule has 0 aliphatic heterocycles. The molecule has 43 heavy (non-hydrogen) atoms. The van der Waals surface area contributed by atoms with Crippen LogP contribution in [0.5, 0.6) is 11.5 Å². The summed E-state index contributed by atoms with van der Waals surface area (Å²) in [5, 5.41) is 8.70. The Kier molecular flexibility index (Phi) is 11.3. The third-order valence-corrected chi connectivity index (χ3v) is 7.74. The predicted molar refractivity (Wildman–Crippen MR) is 175 cm³/mol. The van der Waals surface area contributed by atoms with Gasteiger partial charge in [-0.2, -0.15) is 0 Å². The van der Waals surface area contributed by atoms with Gasteiger partial charge >= 0.3 is 0 Å². The van der Waals surface area contributed by atoms with Crippen molar-refractivity contribution in [3.05, 3.63) is 117 Å². The topological polar surface area (TPSA) is 106 Å². The maximum absolute atomic E-state index is 13.4. The summed E-state index contributed by atoms with van der Waals surface area (Å²) in [6.07, 6.45) is 1.60. The molecule has 3 N–H and O–H groups in total.